The molecule has 5 nitrogen and oxygen atoms in total. The van der Waals surface area contributed by atoms with E-state index in [2.05, 4.69) is 5.32 Å². The lowest BCUT2D eigenvalue weighted by atomic mass is 10.1. The molecule has 0 spiro atoms. The molecule has 2 aromatic rings. The molecule has 0 saturated heterocycles. The van der Waals surface area contributed by atoms with Gasteiger partial charge in [0.2, 0.25) is 5.91 Å². The van der Waals surface area contributed by atoms with E-state index in [0.717, 1.165) is 5.56 Å². The van der Waals surface area contributed by atoms with Crippen LogP contribution in [0.2, 0.25) is 0 Å². The maximum absolute atomic E-state index is 12.0. The second-order valence-corrected chi connectivity index (χ2v) is 4.62. The van der Waals surface area contributed by atoms with Crippen LogP contribution >= 0.6 is 0 Å². The highest BCUT2D eigenvalue weighted by atomic mass is 16.5. The summed E-state index contributed by atoms with van der Waals surface area (Å²) in [6.45, 7) is 0. The van der Waals surface area contributed by atoms with E-state index in [1.54, 1.807) is 62.8 Å². The standard InChI is InChI=1S/C18H16N2O3/c1-22-16-8-6-14(17(11-16)23-2)7-9-18(21)20-15-5-3-4-13(10-15)12-19/h3-11H,1-2H3,(H,20,21)/b9-7+. The molecular formula is C18H16N2O3. The van der Waals surface area contributed by atoms with Crippen molar-refractivity contribution in [3.05, 3.63) is 59.7 Å². The summed E-state index contributed by atoms with van der Waals surface area (Å²) in [6, 6.07) is 14.1. The number of nitriles is 1. The van der Waals surface area contributed by atoms with Crippen LogP contribution < -0.4 is 14.8 Å². The fraction of sp³-hybridized carbons (Fsp3) is 0.111. The Hall–Kier alpha value is -3.26. The summed E-state index contributed by atoms with van der Waals surface area (Å²) in [4.78, 5) is 12.0. The average Bonchev–Trinajstić information content (AvgIpc) is 2.59. The number of carbonyl (C=O) groups is 1. The molecule has 1 N–H and O–H groups in total. The molecule has 0 saturated carbocycles. The molecule has 0 aliphatic rings. The third kappa shape index (κ3) is 4.35. The zero-order valence-corrected chi connectivity index (χ0v) is 12.9. The Balaban J connectivity index is 2.10. The van der Waals surface area contributed by atoms with Gasteiger partial charge in [-0.3, -0.25) is 4.79 Å². The van der Waals surface area contributed by atoms with Crippen molar-refractivity contribution in [3.63, 3.8) is 0 Å². The number of hydrogen-bond acceptors (Lipinski definition) is 4. The van der Waals surface area contributed by atoms with Gasteiger partial charge in [-0.15, -0.1) is 0 Å². The molecule has 0 atom stereocenters. The number of rotatable bonds is 5. The number of amides is 1. The first-order valence-electron chi connectivity index (χ1n) is 6.87. The van der Waals surface area contributed by atoms with Gasteiger partial charge in [-0.25, -0.2) is 0 Å². The largest absolute Gasteiger partial charge is 0.497 e. The number of benzene rings is 2. The normalized spacial score (nSPS) is 10.1. The maximum atomic E-state index is 12.0. The molecule has 0 unspecified atom stereocenters. The monoisotopic (exact) mass is 308 g/mol. The van der Waals surface area contributed by atoms with Gasteiger partial charge in [0.05, 0.1) is 25.9 Å². The number of methoxy groups -OCH3 is 2. The summed E-state index contributed by atoms with van der Waals surface area (Å²) in [5.74, 6) is 0.995. The van der Waals surface area contributed by atoms with Crippen LogP contribution in [0.4, 0.5) is 5.69 Å². The predicted octanol–water partition coefficient (Wildman–Crippen LogP) is 3.23. The molecule has 2 rings (SSSR count). The molecule has 5 heteroatoms. The molecule has 0 aromatic heterocycles. The number of anilines is 1. The van der Waals surface area contributed by atoms with Gasteiger partial charge < -0.3 is 14.8 Å². The van der Waals surface area contributed by atoms with E-state index in [-0.39, 0.29) is 5.91 Å². The number of ether oxygens (including phenoxy) is 2. The highest BCUT2D eigenvalue weighted by Crippen LogP contribution is 2.25. The Morgan fingerprint density at radius 2 is 2.00 bits per heavy atom. The SMILES string of the molecule is COc1ccc(/C=C/C(=O)Nc2cccc(C#N)c2)c(OC)c1. The highest BCUT2D eigenvalue weighted by molar-refractivity contribution is 6.02. The molecule has 0 bridgehead atoms. The first-order valence-corrected chi connectivity index (χ1v) is 6.87. The van der Waals surface area contributed by atoms with Crippen molar-refractivity contribution in [2.45, 2.75) is 0 Å². The molecule has 116 valence electrons. The van der Waals surface area contributed by atoms with Crippen molar-refractivity contribution in [2.75, 3.05) is 19.5 Å². The van der Waals surface area contributed by atoms with Crippen LogP contribution in [0.15, 0.2) is 48.5 Å². The fourth-order valence-corrected chi connectivity index (χ4v) is 1.97. The van der Waals surface area contributed by atoms with Gasteiger partial charge in [0.1, 0.15) is 11.5 Å². The first kappa shape index (κ1) is 16.1. The van der Waals surface area contributed by atoms with Crippen LogP contribution in [-0.4, -0.2) is 20.1 Å². The third-order valence-electron chi connectivity index (χ3n) is 3.11. The third-order valence-corrected chi connectivity index (χ3v) is 3.11. The molecule has 0 aliphatic heterocycles. The Kier molecular flexibility index (Phi) is 5.37. The second-order valence-electron chi connectivity index (χ2n) is 4.62. The van der Waals surface area contributed by atoms with Crippen LogP contribution in [-0.2, 0) is 4.79 Å². The van der Waals surface area contributed by atoms with Crippen LogP contribution in [0.3, 0.4) is 0 Å². The molecule has 1 amide bonds. The van der Waals surface area contributed by atoms with E-state index in [9.17, 15) is 4.79 Å². The van der Waals surface area contributed by atoms with Crippen LogP contribution in [0, 0.1) is 11.3 Å². The molecule has 0 fully saturated rings. The van der Waals surface area contributed by atoms with Crippen molar-refractivity contribution in [1.82, 2.24) is 0 Å². The van der Waals surface area contributed by atoms with Gasteiger partial charge in [-0.1, -0.05) is 6.07 Å². The number of hydrogen-bond donors (Lipinski definition) is 1. The molecule has 0 heterocycles. The van der Waals surface area contributed by atoms with E-state index in [0.29, 0.717) is 22.7 Å². The summed E-state index contributed by atoms with van der Waals surface area (Å²) in [5.41, 5.74) is 1.82. The minimum absolute atomic E-state index is 0.294. The van der Waals surface area contributed by atoms with E-state index in [1.807, 2.05) is 6.07 Å². The molecule has 23 heavy (non-hydrogen) atoms. The van der Waals surface area contributed by atoms with Crippen molar-refractivity contribution < 1.29 is 14.3 Å². The summed E-state index contributed by atoms with van der Waals surface area (Å²) in [5, 5.41) is 11.6. The molecular weight excluding hydrogens is 292 g/mol. The van der Waals surface area contributed by atoms with E-state index in [1.165, 1.54) is 6.08 Å². The molecule has 2 aromatic carbocycles. The summed E-state index contributed by atoms with van der Waals surface area (Å²) >= 11 is 0. The Morgan fingerprint density at radius 1 is 1.17 bits per heavy atom. The van der Waals surface area contributed by atoms with Crippen LogP contribution in [0.25, 0.3) is 6.08 Å². The number of nitrogens with zero attached hydrogens (tertiary/aromatic N) is 1. The van der Waals surface area contributed by atoms with Crippen molar-refractivity contribution >= 4 is 17.7 Å². The summed E-state index contributed by atoms with van der Waals surface area (Å²) in [6.07, 6.45) is 3.06. The van der Waals surface area contributed by atoms with Gasteiger partial charge in [0.25, 0.3) is 0 Å². The van der Waals surface area contributed by atoms with Crippen LogP contribution in [0.1, 0.15) is 11.1 Å². The van der Waals surface area contributed by atoms with E-state index >= 15 is 0 Å². The van der Waals surface area contributed by atoms with Gasteiger partial charge in [0.15, 0.2) is 0 Å². The quantitative estimate of drug-likeness (QED) is 0.861. The highest BCUT2D eigenvalue weighted by Gasteiger charge is 2.04. The fourth-order valence-electron chi connectivity index (χ4n) is 1.97. The van der Waals surface area contributed by atoms with Gasteiger partial charge >= 0.3 is 0 Å². The Morgan fingerprint density at radius 3 is 2.70 bits per heavy atom. The maximum Gasteiger partial charge on any atom is 0.248 e. The lowest BCUT2D eigenvalue weighted by molar-refractivity contribution is -0.111. The minimum Gasteiger partial charge on any atom is -0.497 e. The second kappa shape index (κ2) is 7.66. The zero-order valence-electron chi connectivity index (χ0n) is 12.9. The van der Waals surface area contributed by atoms with Crippen molar-refractivity contribution in [3.8, 4) is 17.6 Å². The van der Waals surface area contributed by atoms with Gasteiger partial charge in [-0.05, 0) is 36.4 Å². The summed E-state index contributed by atoms with van der Waals surface area (Å²) < 4.78 is 10.4. The summed E-state index contributed by atoms with van der Waals surface area (Å²) in [7, 11) is 3.13. The predicted molar refractivity (Wildman–Crippen MR) is 88.4 cm³/mol. The Labute approximate surface area is 134 Å². The zero-order chi connectivity index (χ0) is 16.7. The van der Waals surface area contributed by atoms with E-state index < -0.39 is 0 Å². The topological polar surface area (TPSA) is 71.3 Å². The van der Waals surface area contributed by atoms with Gasteiger partial charge in [-0.2, -0.15) is 5.26 Å². The van der Waals surface area contributed by atoms with Crippen LogP contribution in [0.5, 0.6) is 11.5 Å². The first-order chi connectivity index (χ1) is 11.2. The number of nitrogens with one attached hydrogen (secondary N) is 1. The molecule has 0 aliphatic carbocycles. The lowest BCUT2D eigenvalue weighted by Crippen LogP contribution is -2.07. The van der Waals surface area contributed by atoms with E-state index in [4.69, 9.17) is 14.7 Å². The Bertz CT molecular complexity index is 776. The smallest absolute Gasteiger partial charge is 0.248 e. The molecule has 0 radical (unpaired) electrons. The van der Waals surface area contributed by atoms with Crippen molar-refractivity contribution in [1.29, 1.82) is 5.26 Å². The minimum atomic E-state index is -0.294. The number of carbonyl (C=O) groups excluding carboxylic acids is 1. The van der Waals surface area contributed by atoms with Gasteiger partial charge in [0, 0.05) is 23.4 Å². The lowest BCUT2D eigenvalue weighted by Gasteiger charge is -2.07. The average molecular weight is 308 g/mol. The van der Waals surface area contributed by atoms with Crippen molar-refractivity contribution in [2.24, 2.45) is 0 Å².